The zero-order valence-corrected chi connectivity index (χ0v) is 17.1. The third-order valence-electron chi connectivity index (χ3n) is 5.43. The molecule has 0 aliphatic carbocycles. The second-order valence-electron chi connectivity index (χ2n) is 7.82. The van der Waals surface area contributed by atoms with Crippen molar-refractivity contribution in [3.63, 3.8) is 0 Å². The number of nitrogens with zero attached hydrogens (tertiary/aromatic N) is 2. The van der Waals surface area contributed by atoms with Gasteiger partial charge in [-0.05, 0) is 12.8 Å². The maximum Gasteiger partial charge on any atom is 0.457 e. The summed E-state index contributed by atoms with van der Waals surface area (Å²) in [5, 5.41) is 32.6. The maximum atomic E-state index is 12.1. The van der Waals surface area contributed by atoms with Crippen LogP contribution in [-0.2, 0) is 4.79 Å². The third-order valence-corrected chi connectivity index (χ3v) is 5.43. The first-order chi connectivity index (χ1) is 12.7. The van der Waals surface area contributed by atoms with Crippen LogP contribution in [0.3, 0.4) is 0 Å². The Morgan fingerprint density at radius 2 is 1.19 bits per heavy atom. The van der Waals surface area contributed by atoms with Crippen LogP contribution in [0, 0.1) is 25.6 Å². The Hall–Kier alpha value is -1.73. The number of hydrogen-bond acceptors (Lipinski definition) is 5. The fourth-order valence-corrected chi connectivity index (χ4v) is 3.56. The highest BCUT2D eigenvalue weighted by molar-refractivity contribution is 5.74. The lowest BCUT2D eigenvalue weighted by atomic mass is 9.72. The minimum absolute atomic E-state index is 0.245. The molecule has 0 spiro atoms. The van der Waals surface area contributed by atoms with Crippen molar-refractivity contribution in [2.45, 2.75) is 110 Å². The van der Waals surface area contributed by atoms with E-state index in [4.69, 9.17) is 0 Å². The zero-order chi connectivity index (χ0) is 20.9. The minimum atomic E-state index is -2.48. The van der Waals surface area contributed by atoms with Gasteiger partial charge in [0.25, 0.3) is 0 Å². The van der Waals surface area contributed by atoms with Gasteiger partial charge in [0, 0.05) is 0 Å². The van der Waals surface area contributed by atoms with Gasteiger partial charge in [-0.3, -0.25) is 25.0 Å². The van der Waals surface area contributed by atoms with Gasteiger partial charge in [-0.1, -0.05) is 78.1 Å². The van der Waals surface area contributed by atoms with E-state index in [0.29, 0.717) is 12.8 Å². The first-order valence-electron chi connectivity index (χ1n) is 10.2. The number of carboxylic acid groups (broad SMARTS) is 1. The molecule has 1 atom stereocenters. The van der Waals surface area contributed by atoms with Crippen LogP contribution in [0.5, 0.6) is 0 Å². The highest BCUT2D eigenvalue weighted by Gasteiger charge is 2.58. The number of hydrogen-bond donors (Lipinski definition) is 1. The molecule has 27 heavy (non-hydrogen) atoms. The van der Waals surface area contributed by atoms with E-state index < -0.39 is 33.3 Å². The highest BCUT2D eigenvalue weighted by Crippen LogP contribution is 2.41. The summed E-state index contributed by atoms with van der Waals surface area (Å²) >= 11 is 0. The molecule has 0 aliphatic rings. The average molecular weight is 389 g/mol. The van der Waals surface area contributed by atoms with E-state index in [1.807, 2.05) is 6.92 Å². The molecule has 158 valence electrons. The van der Waals surface area contributed by atoms with Crippen LogP contribution in [0.25, 0.3) is 0 Å². The number of nitro groups is 2. The molecule has 0 saturated carbocycles. The number of aliphatic carboxylic acids is 1. The van der Waals surface area contributed by atoms with E-state index in [1.54, 1.807) is 0 Å². The van der Waals surface area contributed by atoms with Gasteiger partial charge in [-0.15, -0.1) is 0 Å². The molecule has 8 heteroatoms. The van der Waals surface area contributed by atoms with Crippen LogP contribution in [0.1, 0.15) is 104 Å². The molecule has 0 radical (unpaired) electrons. The van der Waals surface area contributed by atoms with Gasteiger partial charge in [0.05, 0.1) is 22.2 Å². The number of carbonyl (C=O) groups is 1. The Morgan fingerprint density at radius 3 is 1.56 bits per heavy atom. The quantitative estimate of drug-likeness (QED) is 0.153. The van der Waals surface area contributed by atoms with Gasteiger partial charge in [-0.2, -0.15) is 0 Å². The summed E-state index contributed by atoms with van der Waals surface area (Å²) in [5.41, 5.74) is -3.90. The van der Waals surface area contributed by atoms with Crippen molar-refractivity contribution in [2.75, 3.05) is 0 Å². The molecule has 1 N–H and O–H groups in total. The van der Waals surface area contributed by atoms with Crippen LogP contribution >= 0.6 is 0 Å². The zero-order valence-electron chi connectivity index (χ0n) is 17.1. The summed E-state index contributed by atoms with van der Waals surface area (Å²) < 4.78 is 0. The standard InChI is InChI=1S/C19H36N2O6/c1-4-6-8-10-11-13-15-19(17(22)23,14-12-9-7-5-2)16-18(3,20(24)25)21(26)27/h4-16H2,1-3H3,(H,22,23). The van der Waals surface area contributed by atoms with Gasteiger partial charge < -0.3 is 5.11 Å². The predicted octanol–water partition coefficient (Wildman–Crippen LogP) is 5.44. The molecular formula is C19H36N2O6. The Bertz CT molecular complexity index is 469. The van der Waals surface area contributed by atoms with Gasteiger partial charge in [0.1, 0.15) is 6.42 Å². The lowest BCUT2D eigenvalue weighted by Gasteiger charge is -2.31. The molecule has 1 unspecified atom stereocenters. The second kappa shape index (κ2) is 12.6. The summed E-state index contributed by atoms with van der Waals surface area (Å²) in [5.74, 6) is -1.15. The van der Waals surface area contributed by atoms with Crippen LogP contribution in [-0.4, -0.2) is 26.6 Å². The van der Waals surface area contributed by atoms with Crippen molar-refractivity contribution in [3.05, 3.63) is 20.2 Å². The van der Waals surface area contributed by atoms with E-state index >= 15 is 0 Å². The van der Waals surface area contributed by atoms with Crippen molar-refractivity contribution in [3.8, 4) is 0 Å². The van der Waals surface area contributed by atoms with Gasteiger partial charge >= 0.3 is 11.6 Å². The average Bonchev–Trinajstić information content (AvgIpc) is 2.60. The predicted molar refractivity (Wildman–Crippen MR) is 104 cm³/mol. The molecule has 0 bridgehead atoms. The summed E-state index contributed by atoms with van der Waals surface area (Å²) in [4.78, 5) is 33.0. The highest BCUT2D eigenvalue weighted by atomic mass is 16.7. The van der Waals surface area contributed by atoms with Crippen molar-refractivity contribution in [2.24, 2.45) is 5.41 Å². The fraction of sp³-hybridized carbons (Fsp3) is 0.947. The SMILES string of the molecule is CCCCCCCCC(CCCCCC)(CC(C)([N+](=O)[O-])[N+](=O)[O-])C(=O)O. The molecule has 8 nitrogen and oxygen atoms in total. The Balaban J connectivity index is 5.31. The number of rotatable bonds is 17. The largest absolute Gasteiger partial charge is 0.481 e. The van der Waals surface area contributed by atoms with Gasteiger partial charge in [-0.25, -0.2) is 0 Å². The van der Waals surface area contributed by atoms with Crippen LogP contribution in [0.2, 0.25) is 0 Å². The molecule has 0 aromatic carbocycles. The first kappa shape index (κ1) is 25.3. The molecule has 0 heterocycles. The lowest BCUT2D eigenvalue weighted by molar-refractivity contribution is -0.794. The molecule has 0 fully saturated rings. The monoisotopic (exact) mass is 388 g/mol. The summed E-state index contributed by atoms with van der Waals surface area (Å²) in [6.45, 7) is 5.08. The summed E-state index contributed by atoms with van der Waals surface area (Å²) in [6.07, 6.45) is 9.07. The van der Waals surface area contributed by atoms with Crippen molar-refractivity contribution < 1.29 is 19.7 Å². The smallest absolute Gasteiger partial charge is 0.457 e. The Labute approximate surface area is 162 Å². The van der Waals surface area contributed by atoms with E-state index in [2.05, 4.69) is 6.92 Å². The molecule has 0 saturated heterocycles. The number of carboxylic acids is 1. The Kier molecular flexibility index (Phi) is 11.8. The molecular weight excluding hydrogens is 352 g/mol. The van der Waals surface area contributed by atoms with Gasteiger partial charge in [0.2, 0.25) is 0 Å². The van der Waals surface area contributed by atoms with E-state index in [1.165, 1.54) is 0 Å². The number of unbranched alkanes of at least 4 members (excludes halogenated alkanes) is 8. The molecule has 0 rings (SSSR count). The van der Waals surface area contributed by atoms with Crippen molar-refractivity contribution in [1.82, 2.24) is 0 Å². The molecule has 0 aromatic rings. The van der Waals surface area contributed by atoms with E-state index in [0.717, 1.165) is 58.3 Å². The van der Waals surface area contributed by atoms with Crippen molar-refractivity contribution >= 4 is 5.97 Å². The molecule has 0 aliphatic heterocycles. The van der Waals surface area contributed by atoms with Crippen LogP contribution in [0.4, 0.5) is 0 Å². The van der Waals surface area contributed by atoms with Crippen LogP contribution < -0.4 is 0 Å². The van der Waals surface area contributed by atoms with Crippen LogP contribution in [0.15, 0.2) is 0 Å². The van der Waals surface area contributed by atoms with E-state index in [-0.39, 0.29) is 12.8 Å². The topological polar surface area (TPSA) is 124 Å². The third kappa shape index (κ3) is 8.22. The van der Waals surface area contributed by atoms with Gasteiger partial charge in [0.15, 0.2) is 0 Å². The normalized spacial score (nSPS) is 13.9. The van der Waals surface area contributed by atoms with E-state index in [9.17, 15) is 30.1 Å². The summed E-state index contributed by atoms with van der Waals surface area (Å²) in [6, 6.07) is 0. The second-order valence-corrected chi connectivity index (χ2v) is 7.82. The maximum absolute atomic E-state index is 12.1. The van der Waals surface area contributed by atoms with Crippen molar-refractivity contribution in [1.29, 1.82) is 0 Å². The minimum Gasteiger partial charge on any atom is -0.481 e. The summed E-state index contributed by atoms with van der Waals surface area (Å²) in [7, 11) is 0. The first-order valence-corrected chi connectivity index (χ1v) is 10.2. The lowest BCUT2D eigenvalue weighted by Crippen LogP contribution is -2.50. The molecule has 0 amide bonds. The Morgan fingerprint density at radius 1 is 0.815 bits per heavy atom. The molecule has 0 aromatic heterocycles. The fourth-order valence-electron chi connectivity index (χ4n) is 3.56.